The van der Waals surface area contributed by atoms with Gasteiger partial charge in [0, 0.05) is 0 Å². The number of benzene rings is 1. The van der Waals surface area contributed by atoms with Crippen molar-refractivity contribution in [2.24, 2.45) is 5.41 Å². The van der Waals surface area contributed by atoms with Crippen LogP contribution >= 0.6 is 0 Å². The zero-order valence-electron chi connectivity index (χ0n) is 9.84. The molecule has 0 bridgehead atoms. The van der Waals surface area contributed by atoms with E-state index in [4.69, 9.17) is 5.11 Å². The standard InChI is InChI=1S/C13H13F3O2/c1-12(11(17)18)6-5-9-8(7-12)3-2-4-10(9)13(14,15)16/h2-4H,5-7H2,1H3,(H,17,18). The average molecular weight is 258 g/mol. The lowest BCUT2D eigenvalue weighted by molar-refractivity contribution is -0.148. The molecule has 0 saturated carbocycles. The Morgan fingerprint density at radius 3 is 2.61 bits per heavy atom. The second-order valence-electron chi connectivity index (χ2n) is 4.98. The number of halogens is 3. The van der Waals surface area contributed by atoms with Gasteiger partial charge in [0.15, 0.2) is 0 Å². The monoisotopic (exact) mass is 258 g/mol. The first-order chi connectivity index (χ1) is 8.24. The fourth-order valence-corrected chi connectivity index (χ4v) is 2.45. The normalized spacial score (nSPS) is 23.6. The molecule has 1 aliphatic rings. The summed E-state index contributed by atoms with van der Waals surface area (Å²) in [6.45, 7) is 1.58. The molecule has 5 heteroatoms. The molecule has 0 aromatic heterocycles. The molecule has 98 valence electrons. The van der Waals surface area contributed by atoms with E-state index in [0.29, 0.717) is 5.56 Å². The summed E-state index contributed by atoms with van der Waals surface area (Å²) in [6, 6.07) is 3.99. The number of rotatable bonds is 1. The highest BCUT2D eigenvalue weighted by atomic mass is 19.4. The predicted octanol–water partition coefficient (Wildman–Crippen LogP) is 3.29. The Morgan fingerprint density at radius 2 is 2.06 bits per heavy atom. The van der Waals surface area contributed by atoms with Crippen molar-refractivity contribution in [1.82, 2.24) is 0 Å². The summed E-state index contributed by atoms with van der Waals surface area (Å²) in [5, 5.41) is 9.13. The number of hydrogen-bond acceptors (Lipinski definition) is 1. The van der Waals surface area contributed by atoms with Gasteiger partial charge in [-0.3, -0.25) is 4.79 Å². The Bertz CT molecular complexity index is 493. The van der Waals surface area contributed by atoms with Crippen LogP contribution < -0.4 is 0 Å². The van der Waals surface area contributed by atoms with Gasteiger partial charge < -0.3 is 5.11 Å². The molecule has 0 amide bonds. The number of carboxylic acids is 1. The van der Waals surface area contributed by atoms with Crippen LogP contribution in [-0.4, -0.2) is 11.1 Å². The molecule has 1 N–H and O–H groups in total. The molecule has 2 rings (SSSR count). The molecule has 18 heavy (non-hydrogen) atoms. The largest absolute Gasteiger partial charge is 0.481 e. The van der Waals surface area contributed by atoms with Crippen LogP contribution in [0.3, 0.4) is 0 Å². The first-order valence-electron chi connectivity index (χ1n) is 5.65. The van der Waals surface area contributed by atoms with E-state index >= 15 is 0 Å². The fourth-order valence-electron chi connectivity index (χ4n) is 2.45. The molecule has 0 radical (unpaired) electrons. The van der Waals surface area contributed by atoms with Crippen LogP contribution in [-0.2, 0) is 23.8 Å². The van der Waals surface area contributed by atoms with Crippen molar-refractivity contribution in [1.29, 1.82) is 0 Å². The number of aliphatic carboxylic acids is 1. The van der Waals surface area contributed by atoms with Gasteiger partial charge in [-0.15, -0.1) is 0 Å². The molecular weight excluding hydrogens is 245 g/mol. The minimum atomic E-state index is -4.37. The Labute approximate surface area is 102 Å². The minimum absolute atomic E-state index is 0.154. The molecule has 0 spiro atoms. The topological polar surface area (TPSA) is 37.3 Å². The summed E-state index contributed by atoms with van der Waals surface area (Å²) >= 11 is 0. The maximum Gasteiger partial charge on any atom is 0.416 e. The molecule has 2 nitrogen and oxygen atoms in total. The number of fused-ring (bicyclic) bond motifs is 1. The minimum Gasteiger partial charge on any atom is -0.481 e. The van der Waals surface area contributed by atoms with Crippen LogP contribution in [0.5, 0.6) is 0 Å². The molecule has 1 unspecified atom stereocenters. The van der Waals surface area contributed by atoms with Crippen molar-refractivity contribution in [3.8, 4) is 0 Å². The number of carbonyl (C=O) groups is 1. The molecule has 1 aromatic carbocycles. The lowest BCUT2D eigenvalue weighted by atomic mass is 9.72. The molecule has 0 aliphatic heterocycles. The van der Waals surface area contributed by atoms with Gasteiger partial charge in [0.1, 0.15) is 0 Å². The van der Waals surface area contributed by atoms with Crippen LogP contribution in [0, 0.1) is 5.41 Å². The van der Waals surface area contributed by atoms with E-state index < -0.39 is 23.1 Å². The van der Waals surface area contributed by atoms with Crippen molar-refractivity contribution in [2.75, 3.05) is 0 Å². The molecule has 1 atom stereocenters. The first-order valence-corrected chi connectivity index (χ1v) is 5.65. The lowest BCUT2D eigenvalue weighted by Gasteiger charge is -2.32. The van der Waals surface area contributed by atoms with E-state index in [0.717, 1.165) is 6.07 Å². The Kier molecular flexibility index (Phi) is 2.87. The summed E-state index contributed by atoms with van der Waals surface area (Å²) < 4.78 is 38.4. The molecule has 1 aromatic rings. The van der Waals surface area contributed by atoms with Crippen LogP contribution in [0.25, 0.3) is 0 Å². The van der Waals surface area contributed by atoms with Gasteiger partial charge in [0.05, 0.1) is 11.0 Å². The SMILES string of the molecule is CC1(C(=O)O)CCc2c(cccc2C(F)(F)F)C1. The van der Waals surface area contributed by atoms with E-state index in [1.165, 1.54) is 6.07 Å². The smallest absolute Gasteiger partial charge is 0.416 e. The zero-order chi connectivity index (χ0) is 13.6. The average Bonchev–Trinajstić information content (AvgIpc) is 2.26. The van der Waals surface area contributed by atoms with Crippen molar-refractivity contribution in [3.63, 3.8) is 0 Å². The van der Waals surface area contributed by atoms with E-state index in [1.807, 2.05) is 0 Å². The van der Waals surface area contributed by atoms with Gasteiger partial charge in [0.2, 0.25) is 0 Å². The van der Waals surface area contributed by atoms with Gasteiger partial charge in [-0.05, 0) is 43.4 Å². The predicted molar refractivity (Wildman–Crippen MR) is 59.2 cm³/mol. The summed E-state index contributed by atoms with van der Waals surface area (Å²) in [5.41, 5.74) is -0.839. The number of carboxylic acid groups (broad SMARTS) is 1. The Morgan fingerprint density at radius 1 is 1.39 bits per heavy atom. The van der Waals surface area contributed by atoms with E-state index in [2.05, 4.69) is 0 Å². The highest BCUT2D eigenvalue weighted by Crippen LogP contribution is 2.41. The molecule has 1 aliphatic carbocycles. The second-order valence-corrected chi connectivity index (χ2v) is 4.98. The van der Waals surface area contributed by atoms with Gasteiger partial charge in [-0.2, -0.15) is 13.2 Å². The van der Waals surface area contributed by atoms with Gasteiger partial charge in [-0.1, -0.05) is 12.1 Å². The highest BCUT2D eigenvalue weighted by molar-refractivity contribution is 5.75. The Hall–Kier alpha value is -1.52. The van der Waals surface area contributed by atoms with Gasteiger partial charge in [-0.25, -0.2) is 0 Å². The van der Waals surface area contributed by atoms with Crippen LogP contribution in [0.15, 0.2) is 18.2 Å². The molecule has 0 saturated heterocycles. The van der Waals surface area contributed by atoms with Gasteiger partial charge >= 0.3 is 12.1 Å². The summed E-state index contributed by atoms with van der Waals surface area (Å²) in [4.78, 5) is 11.1. The quantitative estimate of drug-likeness (QED) is 0.839. The van der Waals surface area contributed by atoms with Crippen molar-refractivity contribution < 1.29 is 23.1 Å². The summed E-state index contributed by atoms with van der Waals surface area (Å²) in [6.07, 6.45) is -3.82. The zero-order valence-corrected chi connectivity index (χ0v) is 9.84. The fraction of sp³-hybridized carbons (Fsp3) is 0.462. The van der Waals surface area contributed by atoms with E-state index in [1.54, 1.807) is 13.0 Å². The molecular formula is C13H13F3O2. The van der Waals surface area contributed by atoms with Crippen molar-refractivity contribution in [3.05, 3.63) is 34.9 Å². The van der Waals surface area contributed by atoms with Crippen LogP contribution in [0.1, 0.15) is 30.0 Å². The van der Waals surface area contributed by atoms with E-state index in [-0.39, 0.29) is 24.8 Å². The number of alkyl halides is 3. The third-order valence-corrected chi connectivity index (χ3v) is 3.60. The third kappa shape index (κ3) is 2.09. The lowest BCUT2D eigenvalue weighted by Crippen LogP contribution is -2.34. The maximum atomic E-state index is 12.8. The van der Waals surface area contributed by atoms with Crippen molar-refractivity contribution in [2.45, 2.75) is 32.4 Å². The number of hydrogen-bond donors (Lipinski definition) is 1. The first kappa shape index (κ1) is 12.9. The maximum absolute atomic E-state index is 12.8. The van der Waals surface area contributed by atoms with Crippen LogP contribution in [0.4, 0.5) is 13.2 Å². The van der Waals surface area contributed by atoms with Crippen LogP contribution in [0.2, 0.25) is 0 Å². The van der Waals surface area contributed by atoms with Gasteiger partial charge in [0.25, 0.3) is 0 Å². The van der Waals surface area contributed by atoms with E-state index in [9.17, 15) is 18.0 Å². The second kappa shape index (κ2) is 4.00. The summed E-state index contributed by atoms with van der Waals surface area (Å²) in [7, 11) is 0. The third-order valence-electron chi connectivity index (χ3n) is 3.60. The summed E-state index contributed by atoms with van der Waals surface area (Å²) in [5.74, 6) is -0.953. The van der Waals surface area contributed by atoms with Crippen molar-refractivity contribution >= 4 is 5.97 Å². The highest BCUT2D eigenvalue weighted by Gasteiger charge is 2.41. The molecule has 0 fully saturated rings. The molecule has 0 heterocycles. The Balaban J connectivity index is 2.45.